The van der Waals surface area contributed by atoms with Crippen molar-refractivity contribution in [2.24, 2.45) is 0 Å². The number of unbranched alkanes of at least 4 members (excludes halogenated alkanes) is 19. The number of rotatable bonds is 49. The lowest BCUT2D eigenvalue weighted by atomic mass is 10.0. The van der Waals surface area contributed by atoms with Gasteiger partial charge in [-0.1, -0.05) is 201 Å². The molecular formula is C58H102NO7P. The topological polar surface area (TPSA) is 94.1 Å². The molecule has 0 spiro atoms. The minimum Gasteiger partial charge on any atom is -0.756 e. The molecule has 0 radical (unpaired) electrons. The molecule has 0 bridgehead atoms. The summed E-state index contributed by atoms with van der Waals surface area (Å²) in [5, 5.41) is 0. The second-order valence-corrected chi connectivity index (χ2v) is 20.3. The molecule has 0 saturated carbocycles. The molecule has 67 heavy (non-hydrogen) atoms. The number of carbonyl (C=O) groups excluding carboxylic acids is 1. The van der Waals surface area contributed by atoms with Crippen LogP contribution in [0.4, 0.5) is 0 Å². The van der Waals surface area contributed by atoms with Gasteiger partial charge in [-0.3, -0.25) is 9.36 Å². The van der Waals surface area contributed by atoms with Crippen molar-refractivity contribution in [1.82, 2.24) is 0 Å². The van der Waals surface area contributed by atoms with Crippen molar-refractivity contribution in [3.8, 4) is 0 Å². The van der Waals surface area contributed by atoms with Crippen LogP contribution in [0.1, 0.15) is 206 Å². The highest BCUT2D eigenvalue weighted by molar-refractivity contribution is 7.45. The van der Waals surface area contributed by atoms with Crippen LogP contribution in [0.15, 0.2) is 97.2 Å². The molecule has 0 fully saturated rings. The first-order valence-corrected chi connectivity index (χ1v) is 28.4. The number of nitrogens with zero attached hydrogens (tertiary/aromatic N) is 1. The van der Waals surface area contributed by atoms with Crippen LogP contribution >= 0.6 is 7.82 Å². The highest BCUT2D eigenvalue weighted by atomic mass is 31.2. The van der Waals surface area contributed by atoms with Gasteiger partial charge < -0.3 is 27.9 Å². The molecule has 0 amide bonds. The molecule has 9 heteroatoms. The van der Waals surface area contributed by atoms with Crippen LogP contribution in [0.3, 0.4) is 0 Å². The maximum atomic E-state index is 12.8. The number of quaternary nitrogens is 1. The average molecular weight is 956 g/mol. The van der Waals surface area contributed by atoms with Crippen molar-refractivity contribution in [2.75, 3.05) is 54.1 Å². The first kappa shape index (κ1) is 64.4. The standard InChI is InChI=1S/C58H102NO7P/c1-6-8-10-12-14-16-18-20-22-24-26-28-30-31-33-35-37-39-41-43-45-47-49-51-58(60)66-57(56-65-67(61,62)64-54-52-59(3,4)5)55-63-53-50-48-46-44-42-40-38-36-34-32-29-27-25-23-21-19-17-15-13-11-9-7-2/h9,11,15,17-18,20-21,23-24,26-27,29,34,36,40,42,57H,6-8,10,12-14,16,19,22,25,28,30-33,35,37-39,41,43-56H2,1-5H3/b11-9-,17-15-,20-18-,23-21-,26-24-,29-27-,36-34-,42-40-. The van der Waals surface area contributed by atoms with Gasteiger partial charge in [0.15, 0.2) is 0 Å². The van der Waals surface area contributed by atoms with E-state index < -0.39 is 13.9 Å². The van der Waals surface area contributed by atoms with Crippen LogP contribution in [-0.2, 0) is 27.9 Å². The Morgan fingerprint density at radius 3 is 1.30 bits per heavy atom. The molecule has 0 aliphatic heterocycles. The fourth-order valence-electron chi connectivity index (χ4n) is 6.99. The highest BCUT2D eigenvalue weighted by Gasteiger charge is 2.20. The van der Waals surface area contributed by atoms with E-state index in [2.05, 4.69) is 111 Å². The fraction of sp³-hybridized carbons (Fsp3) is 0.707. The molecule has 0 aliphatic carbocycles. The van der Waals surface area contributed by atoms with E-state index in [0.29, 0.717) is 24.1 Å². The average Bonchev–Trinajstić information content (AvgIpc) is 3.29. The van der Waals surface area contributed by atoms with Crippen LogP contribution in [0, 0.1) is 0 Å². The normalized spacial score (nSPS) is 14.3. The molecule has 0 aromatic carbocycles. The lowest BCUT2D eigenvalue weighted by Gasteiger charge is -2.28. The first-order valence-electron chi connectivity index (χ1n) is 27.0. The summed E-state index contributed by atoms with van der Waals surface area (Å²) in [5.41, 5.74) is 0. The number of likely N-dealkylation sites (N-methyl/N-ethyl adjacent to an activating group) is 1. The van der Waals surface area contributed by atoms with E-state index >= 15 is 0 Å². The molecule has 0 rings (SSSR count). The Morgan fingerprint density at radius 1 is 0.478 bits per heavy atom. The van der Waals surface area contributed by atoms with E-state index in [9.17, 15) is 14.3 Å². The number of phosphoric acid groups is 1. The van der Waals surface area contributed by atoms with Crippen molar-refractivity contribution in [2.45, 2.75) is 213 Å². The minimum atomic E-state index is -4.55. The summed E-state index contributed by atoms with van der Waals surface area (Å²) >= 11 is 0. The zero-order valence-corrected chi connectivity index (χ0v) is 44.7. The van der Waals surface area contributed by atoms with Gasteiger partial charge in [-0.2, -0.15) is 0 Å². The lowest BCUT2D eigenvalue weighted by molar-refractivity contribution is -0.870. The Kier molecular flexibility index (Phi) is 47.9. The molecule has 0 saturated heterocycles. The number of hydrogen-bond acceptors (Lipinski definition) is 7. The summed E-state index contributed by atoms with van der Waals surface area (Å²) in [5.74, 6) is -0.351. The quantitative estimate of drug-likeness (QED) is 0.0197. The molecule has 8 nitrogen and oxygen atoms in total. The smallest absolute Gasteiger partial charge is 0.306 e. The van der Waals surface area contributed by atoms with Gasteiger partial charge in [-0.15, -0.1) is 0 Å². The molecule has 2 atom stereocenters. The van der Waals surface area contributed by atoms with E-state index in [-0.39, 0.29) is 25.8 Å². The number of hydrogen-bond donors (Lipinski definition) is 0. The maximum absolute atomic E-state index is 12.8. The molecule has 0 N–H and O–H groups in total. The van der Waals surface area contributed by atoms with Crippen molar-refractivity contribution in [3.05, 3.63) is 97.2 Å². The maximum Gasteiger partial charge on any atom is 0.306 e. The Hall–Kier alpha value is -2.58. The molecule has 0 aromatic rings. The SMILES string of the molecule is CC/C=C\C/C=C\C/C=C\C/C=C\C/C=C\C/C=C\CCCCCOCC(COP(=O)([O-])OCC[N+](C)(C)C)OC(=O)CCCCCCCCCCCCC/C=C\C/C=C\CCCCCCC. The third-order valence-electron chi connectivity index (χ3n) is 11.1. The molecule has 0 aliphatic rings. The largest absolute Gasteiger partial charge is 0.756 e. The van der Waals surface area contributed by atoms with Crippen LogP contribution < -0.4 is 4.89 Å². The van der Waals surface area contributed by atoms with Crippen molar-refractivity contribution >= 4 is 13.8 Å². The molecular weight excluding hydrogens is 854 g/mol. The van der Waals surface area contributed by atoms with E-state index in [1.165, 1.54) is 96.3 Å². The summed E-state index contributed by atoms with van der Waals surface area (Å²) < 4.78 is 34.7. The van der Waals surface area contributed by atoms with Crippen LogP contribution in [0.5, 0.6) is 0 Å². The van der Waals surface area contributed by atoms with Gasteiger partial charge in [0.1, 0.15) is 19.3 Å². The number of carbonyl (C=O) groups is 1. The second-order valence-electron chi connectivity index (χ2n) is 18.9. The monoisotopic (exact) mass is 956 g/mol. The number of ether oxygens (including phenoxy) is 2. The van der Waals surface area contributed by atoms with E-state index in [4.69, 9.17) is 18.5 Å². The first-order chi connectivity index (χ1) is 32.6. The summed E-state index contributed by atoms with van der Waals surface area (Å²) in [6.07, 6.45) is 68.7. The van der Waals surface area contributed by atoms with Crippen LogP contribution in [0.2, 0.25) is 0 Å². The molecule has 0 aromatic heterocycles. The van der Waals surface area contributed by atoms with E-state index in [1.54, 1.807) is 0 Å². The molecule has 0 heterocycles. The van der Waals surface area contributed by atoms with Gasteiger partial charge in [-0.05, 0) is 96.3 Å². The predicted octanol–water partition coefficient (Wildman–Crippen LogP) is 16.3. The van der Waals surface area contributed by atoms with Crippen molar-refractivity contribution < 1.29 is 37.3 Å². The van der Waals surface area contributed by atoms with Crippen molar-refractivity contribution in [3.63, 3.8) is 0 Å². The number of phosphoric ester groups is 1. The lowest BCUT2D eigenvalue weighted by Crippen LogP contribution is -2.37. The predicted molar refractivity (Wildman–Crippen MR) is 286 cm³/mol. The van der Waals surface area contributed by atoms with Gasteiger partial charge in [0.25, 0.3) is 7.82 Å². The summed E-state index contributed by atoms with van der Waals surface area (Å²) in [7, 11) is 1.32. The zero-order valence-electron chi connectivity index (χ0n) is 43.8. The molecule has 2 unspecified atom stereocenters. The fourth-order valence-corrected chi connectivity index (χ4v) is 7.72. The molecule has 386 valence electrons. The van der Waals surface area contributed by atoms with Crippen LogP contribution in [0.25, 0.3) is 0 Å². The van der Waals surface area contributed by atoms with Gasteiger partial charge in [0, 0.05) is 13.0 Å². The third kappa shape index (κ3) is 54.2. The van der Waals surface area contributed by atoms with Gasteiger partial charge in [0.2, 0.25) is 0 Å². The Bertz CT molecular complexity index is 1390. The van der Waals surface area contributed by atoms with E-state index in [0.717, 1.165) is 89.9 Å². The Balaban J connectivity index is 4.21. The minimum absolute atomic E-state index is 0.0137. The number of allylic oxidation sites excluding steroid dienone is 16. The van der Waals surface area contributed by atoms with Crippen LogP contribution in [-0.4, -0.2) is 70.7 Å². The Morgan fingerprint density at radius 2 is 0.866 bits per heavy atom. The number of esters is 1. The summed E-state index contributed by atoms with van der Waals surface area (Å²) in [4.78, 5) is 25.2. The zero-order chi connectivity index (χ0) is 49.0. The highest BCUT2D eigenvalue weighted by Crippen LogP contribution is 2.38. The third-order valence-corrected chi connectivity index (χ3v) is 12.1. The Labute approximate surface area is 413 Å². The summed E-state index contributed by atoms with van der Waals surface area (Å²) in [6, 6.07) is 0. The van der Waals surface area contributed by atoms with Gasteiger partial charge >= 0.3 is 5.97 Å². The second kappa shape index (κ2) is 49.8. The van der Waals surface area contributed by atoms with Gasteiger partial charge in [0.05, 0.1) is 34.4 Å². The van der Waals surface area contributed by atoms with E-state index in [1.807, 2.05) is 21.1 Å². The van der Waals surface area contributed by atoms with Gasteiger partial charge in [-0.25, -0.2) is 0 Å². The summed E-state index contributed by atoms with van der Waals surface area (Å²) in [6.45, 7) is 5.19. The van der Waals surface area contributed by atoms with Crippen molar-refractivity contribution in [1.29, 1.82) is 0 Å².